The summed E-state index contributed by atoms with van der Waals surface area (Å²) in [5, 5.41) is 0. The van der Waals surface area contributed by atoms with Gasteiger partial charge in [-0.05, 0) is 321 Å². The number of benzene rings is 5. The van der Waals surface area contributed by atoms with Gasteiger partial charge in [0, 0.05) is 244 Å². The van der Waals surface area contributed by atoms with Crippen LogP contribution in [0.5, 0.6) is 17.2 Å². The summed E-state index contributed by atoms with van der Waals surface area (Å²) >= 11 is 10.2. The van der Waals surface area contributed by atoms with E-state index in [2.05, 4.69) is 226 Å². The molecule has 0 spiro atoms. The Morgan fingerprint density at radius 2 is 0.616 bits per heavy atom. The van der Waals surface area contributed by atoms with E-state index in [9.17, 15) is 9.59 Å². The van der Waals surface area contributed by atoms with Crippen LogP contribution in [0.2, 0.25) is 0 Å². The van der Waals surface area contributed by atoms with Gasteiger partial charge in [-0.2, -0.15) is 35.3 Å². The van der Waals surface area contributed by atoms with E-state index in [0.29, 0.717) is 19.1 Å². The zero-order chi connectivity index (χ0) is 96.6. The molecule has 20 nitrogen and oxygen atoms in total. The molecule has 11 aliphatic rings. The van der Waals surface area contributed by atoms with Crippen molar-refractivity contribution < 1.29 is 47.5 Å². The number of hydrogen-bond acceptors (Lipinski definition) is 23. The number of likely N-dealkylation sites (N-methyl/N-ethyl adjacent to an activating group) is 4. The first-order valence-electron chi connectivity index (χ1n) is 54.1. The Morgan fingerprint density at radius 3 is 0.928 bits per heavy atom. The minimum Gasteiger partial charge on any atom is -0.494 e. The van der Waals surface area contributed by atoms with Crippen LogP contribution >= 0.6 is 58.8 Å². The molecule has 0 unspecified atom stereocenters. The number of hydrogen-bond donors (Lipinski definition) is 0. The fraction of sp³-hybridized carbons (Fsp3) is 0.717. The fourth-order valence-corrected chi connectivity index (χ4v) is 26.7. The molecule has 11 aliphatic heterocycles. The van der Waals surface area contributed by atoms with Crippen molar-refractivity contribution in [1.29, 1.82) is 0 Å². The molecular formula is C113H180N10O10S5. The smallest absolute Gasteiger partial charge is 0.233 e. The Balaban J connectivity index is 0.000000155. The third kappa shape index (κ3) is 36.1. The molecule has 0 N–H and O–H groups in total. The molecule has 16 rings (SSSR count). The van der Waals surface area contributed by atoms with E-state index in [1.807, 2.05) is 52.3 Å². The SMILES string of the molecule is CCN(C)CC1(c2ccc(OCCCN3CCSCC3)cc2)CCOCC1.CCN(C)CC1(c2ccc(SCCCN3CCCC3)cc2)CCOCC1.CCN(CC)CC1(c2ccc(OCCCN3CCSCC3)cc2)CCOCC1.CCN(CC1(c2ccc(SCCCN3CCCC3)cc2)CCOCC1)C(C)=O.O=C(N1CCCC1)C1(c2ccc(OCCCN3CCSCC3)cc2)CCOCC1. The van der Waals surface area contributed by atoms with Crippen molar-refractivity contribution in [3.63, 3.8) is 0 Å². The molecule has 0 radical (unpaired) electrons. The van der Waals surface area contributed by atoms with Gasteiger partial charge in [-0.25, -0.2) is 0 Å². The predicted molar refractivity (Wildman–Crippen MR) is 582 cm³/mol. The third-order valence-electron chi connectivity index (χ3n) is 31.3. The molecule has 0 saturated carbocycles. The van der Waals surface area contributed by atoms with Gasteiger partial charge in [0.15, 0.2) is 0 Å². The molecule has 11 fully saturated rings. The first-order chi connectivity index (χ1) is 67.6. The van der Waals surface area contributed by atoms with Gasteiger partial charge in [0.2, 0.25) is 11.8 Å². The molecule has 138 heavy (non-hydrogen) atoms. The lowest BCUT2D eigenvalue weighted by molar-refractivity contribution is -0.140. The summed E-state index contributed by atoms with van der Waals surface area (Å²) in [6.45, 7) is 52.9. The molecule has 5 aromatic rings. The minimum atomic E-state index is -0.423. The summed E-state index contributed by atoms with van der Waals surface area (Å²) in [5.41, 5.74) is 7.16. The van der Waals surface area contributed by atoms with Crippen molar-refractivity contribution in [3.8, 4) is 17.2 Å². The van der Waals surface area contributed by atoms with Crippen LogP contribution in [0.1, 0.15) is 204 Å². The van der Waals surface area contributed by atoms with Crippen LogP contribution in [0.15, 0.2) is 131 Å². The number of nitrogens with zero attached hydrogens (tertiary/aromatic N) is 10. The van der Waals surface area contributed by atoms with Crippen LogP contribution < -0.4 is 14.2 Å². The van der Waals surface area contributed by atoms with Crippen molar-refractivity contribution in [2.45, 2.75) is 213 Å². The predicted octanol–water partition coefficient (Wildman–Crippen LogP) is 19.0. The van der Waals surface area contributed by atoms with E-state index in [0.717, 1.165) is 283 Å². The van der Waals surface area contributed by atoms with E-state index in [4.69, 9.17) is 37.9 Å². The highest BCUT2D eigenvalue weighted by molar-refractivity contribution is 8.00. The van der Waals surface area contributed by atoms with Gasteiger partial charge in [-0.3, -0.25) is 9.59 Å². The molecule has 0 aromatic heterocycles. The van der Waals surface area contributed by atoms with Crippen LogP contribution in [0, 0.1) is 0 Å². The van der Waals surface area contributed by atoms with Crippen LogP contribution in [-0.4, -0.2) is 377 Å². The standard InChI is InChI=1S/C23H34N2O3S.C23H36N2O2S.C23H38N2O2S.C22H36N2O2S.C22H36N2OS/c26-22(25-11-1-2-12-25)23(8-16-27-17-9-23)20-4-6-21(7-5-20)28-15-3-10-24-13-18-29-19-14-24;1-3-25(20(2)26)19-23(11-16-27-17-12-23)21-7-9-22(10-8-21)28-18-6-15-24-13-4-5-14-24;1-3-24(4-2)20-23(10-16-26-17-11-23)21-6-8-22(9-7-21)27-15-5-12-25-13-18-28-19-14-25;1-3-23(2)19-22(9-15-25-16-10-22)20-5-7-21(8-6-20)26-14-4-11-24-12-17-27-18-13-24;1-3-23(2)19-22(11-16-25-17-12-22)20-7-9-21(10-8-20)26-18-6-15-24-13-4-5-14-24/h4-7H,1-3,8-19H2;7-10H,3-6,11-19H2,1-2H3;6-9H,3-5,10-20H2,1-2H3;5-8H,3-4,9-19H2,1-2H3;7-10H,3-6,11-19H2,1-2H3. The molecule has 2 amide bonds. The summed E-state index contributed by atoms with van der Waals surface area (Å²) < 4.78 is 46.3. The first kappa shape index (κ1) is 112. The molecule has 0 aliphatic carbocycles. The zero-order valence-electron chi connectivity index (χ0n) is 86.7. The van der Waals surface area contributed by atoms with E-state index in [1.54, 1.807) is 6.92 Å². The topological polar surface area (TPSA) is 140 Å². The summed E-state index contributed by atoms with van der Waals surface area (Å²) in [4.78, 5) is 52.5. The summed E-state index contributed by atoms with van der Waals surface area (Å²) in [6, 6.07) is 44.7. The van der Waals surface area contributed by atoms with Gasteiger partial charge in [0.25, 0.3) is 0 Å². The Bertz CT molecular complexity index is 4080. The number of ether oxygens (including phenoxy) is 8. The Hall–Kier alpha value is -4.33. The first-order valence-corrected chi connectivity index (χ1v) is 59.6. The van der Waals surface area contributed by atoms with Crippen molar-refractivity contribution >= 4 is 70.6 Å². The maximum absolute atomic E-state index is 13.4. The Morgan fingerprint density at radius 1 is 0.333 bits per heavy atom. The average molecular weight is 2000 g/mol. The van der Waals surface area contributed by atoms with Crippen LogP contribution in [0.4, 0.5) is 0 Å². The maximum Gasteiger partial charge on any atom is 0.233 e. The molecule has 5 aromatic carbocycles. The summed E-state index contributed by atoms with van der Waals surface area (Å²) in [5.74, 6) is 13.4. The Labute approximate surface area is 856 Å². The largest absolute Gasteiger partial charge is 0.494 e. The average Bonchev–Trinajstić information content (AvgIpc) is 1.19. The van der Waals surface area contributed by atoms with Crippen LogP contribution in [0.3, 0.4) is 0 Å². The summed E-state index contributed by atoms with van der Waals surface area (Å²) in [7, 11) is 4.46. The highest BCUT2D eigenvalue weighted by atomic mass is 32.2. The van der Waals surface area contributed by atoms with Gasteiger partial charge in [-0.15, -0.1) is 23.5 Å². The monoisotopic (exact) mass is 2000 g/mol. The molecule has 0 atom stereocenters. The van der Waals surface area contributed by atoms with Gasteiger partial charge in [0.05, 0.1) is 25.2 Å². The van der Waals surface area contributed by atoms with Crippen molar-refractivity contribution in [3.05, 3.63) is 149 Å². The zero-order valence-corrected chi connectivity index (χ0v) is 90.8. The number of carbonyl (C=O) groups excluding carboxylic acids is 2. The second-order valence-electron chi connectivity index (χ2n) is 40.5. The number of thioether (sulfide) groups is 5. The lowest BCUT2D eigenvalue weighted by Gasteiger charge is -2.41. The lowest BCUT2D eigenvalue weighted by atomic mass is 9.73. The quantitative estimate of drug-likeness (QED) is 0.0269. The molecular weight excluding hydrogens is 1820 g/mol. The van der Waals surface area contributed by atoms with E-state index in [1.165, 1.54) is 195 Å². The van der Waals surface area contributed by atoms with E-state index >= 15 is 0 Å². The number of rotatable bonds is 44. The fourth-order valence-electron chi connectivity index (χ4n) is 22.1. The minimum absolute atomic E-state index is 0.0267. The Kier molecular flexibility index (Phi) is 50.5. The van der Waals surface area contributed by atoms with Gasteiger partial charge < -0.3 is 86.9 Å². The number of carbonyl (C=O) groups is 2. The molecule has 0 bridgehead atoms. The van der Waals surface area contributed by atoms with Crippen molar-refractivity contribution in [2.24, 2.45) is 0 Å². The van der Waals surface area contributed by atoms with Crippen molar-refractivity contribution in [1.82, 2.24) is 49.0 Å². The third-order valence-corrected chi connectivity index (χ3v) is 36.4. The van der Waals surface area contributed by atoms with E-state index < -0.39 is 5.41 Å². The van der Waals surface area contributed by atoms with Gasteiger partial charge >= 0.3 is 0 Å². The van der Waals surface area contributed by atoms with Gasteiger partial charge in [0.1, 0.15) is 17.2 Å². The van der Waals surface area contributed by atoms with Crippen LogP contribution in [-0.2, 0) is 60.3 Å². The normalized spacial score (nSPS) is 20.8. The molecule has 25 heteroatoms. The van der Waals surface area contributed by atoms with Crippen molar-refractivity contribution in [2.75, 3.05) is 316 Å². The molecule has 11 saturated heterocycles. The highest BCUT2D eigenvalue weighted by Gasteiger charge is 2.46. The number of amides is 2. The number of likely N-dealkylation sites (tertiary alicyclic amines) is 3. The highest BCUT2D eigenvalue weighted by Crippen LogP contribution is 2.44. The second-order valence-corrected chi connectivity index (χ2v) is 46.5. The summed E-state index contributed by atoms with van der Waals surface area (Å²) in [6.07, 6.45) is 23.9. The second kappa shape index (κ2) is 62.0. The van der Waals surface area contributed by atoms with E-state index in [-0.39, 0.29) is 27.6 Å². The van der Waals surface area contributed by atoms with Crippen LogP contribution in [0.25, 0.3) is 0 Å². The maximum atomic E-state index is 13.4. The lowest BCUT2D eigenvalue weighted by Crippen LogP contribution is -2.49. The molecule has 11 heterocycles. The molecule has 772 valence electrons. The van der Waals surface area contributed by atoms with Gasteiger partial charge in [-0.1, -0.05) is 88.4 Å².